The topological polar surface area (TPSA) is 4.10 Å². The van der Waals surface area contributed by atoms with Crippen LogP contribution in [-0.2, 0) is 0 Å². The van der Waals surface area contributed by atoms with Gasteiger partial charge in [0.05, 0.1) is 0 Å². The van der Waals surface area contributed by atoms with Gasteiger partial charge >= 0.3 is 0 Å². The largest absolute Gasteiger partial charge is 0.218 e. The second kappa shape index (κ2) is 3.06. The molecule has 3 aromatic rings. The fraction of sp³-hybridized carbons (Fsp3) is 0.0714. The molecular formula is C14H12N+. The molecule has 0 radical (unpaired) electrons. The third-order valence-electron chi connectivity index (χ3n) is 2.84. The number of fused-ring (bicyclic) bond motifs is 3. The Morgan fingerprint density at radius 3 is 2.67 bits per heavy atom. The molecule has 2 aromatic heterocycles. The predicted molar refractivity (Wildman–Crippen MR) is 61.8 cm³/mol. The molecule has 0 bridgehead atoms. The molecule has 3 rings (SSSR count). The molecule has 15 heavy (non-hydrogen) atoms. The first-order chi connectivity index (χ1) is 7.36. The number of benzene rings is 1. The van der Waals surface area contributed by atoms with Crippen LogP contribution in [-0.4, -0.2) is 0 Å². The molecule has 1 heteroatoms. The van der Waals surface area contributed by atoms with E-state index < -0.39 is 0 Å². The van der Waals surface area contributed by atoms with Crippen LogP contribution in [0, 0.1) is 6.92 Å². The summed E-state index contributed by atoms with van der Waals surface area (Å²) in [4.78, 5) is 0. The van der Waals surface area contributed by atoms with Crippen molar-refractivity contribution in [2.45, 2.75) is 6.92 Å². The molecule has 0 spiro atoms. The quantitative estimate of drug-likeness (QED) is 0.383. The normalized spacial score (nSPS) is 11.0. The minimum Gasteiger partial charge on any atom is -0.160 e. The molecule has 0 aliphatic carbocycles. The van der Waals surface area contributed by atoms with Gasteiger partial charge in [0.1, 0.15) is 0 Å². The van der Waals surface area contributed by atoms with E-state index in [0.717, 1.165) is 0 Å². The molecule has 1 aromatic carbocycles. The number of para-hydroxylation sites is 1. The van der Waals surface area contributed by atoms with E-state index in [1.165, 1.54) is 22.0 Å². The zero-order valence-electron chi connectivity index (χ0n) is 8.64. The summed E-state index contributed by atoms with van der Waals surface area (Å²) in [5.41, 5.74) is 3.85. The van der Waals surface area contributed by atoms with Gasteiger partial charge in [-0.1, -0.05) is 12.1 Å². The Kier molecular flexibility index (Phi) is 1.72. The van der Waals surface area contributed by atoms with Gasteiger partial charge in [0.15, 0.2) is 6.20 Å². The summed E-state index contributed by atoms with van der Waals surface area (Å²) in [6.07, 6.45) is 2.11. The first-order valence-electron chi connectivity index (χ1n) is 5.15. The number of pyridine rings is 2. The van der Waals surface area contributed by atoms with Crippen molar-refractivity contribution in [2.75, 3.05) is 0 Å². The van der Waals surface area contributed by atoms with E-state index in [9.17, 15) is 0 Å². The van der Waals surface area contributed by atoms with Crippen molar-refractivity contribution in [1.82, 2.24) is 0 Å². The molecule has 72 valence electrons. The molecule has 0 unspecified atom stereocenters. The maximum atomic E-state index is 2.22. The van der Waals surface area contributed by atoms with Gasteiger partial charge in [-0.05, 0) is 24.6 Å². The maximum Gasteiger partial charge on any atom is 0.218 e. The lowest BCUT2D eigenvalue weighted by Gasteiger charge is -2.00. The van der Waals surface area contributed by atoms with Gasteiger partial charge < -0.3 is 0 Å². The van der Waals surface area contributed by atoms with Crippen LogP contribution >= 0.6 is 0 Å². The summed E-state index contributed by atoms with van der Waals surface area (Å²) in [5.74, 6) is 0. The summed E-state index contributed by atoms with van der Waals surface area (Å²) in [7, 11) is 0. The van der Waals surface area contributed by atoms with Crippen molar-refractivity contribution < 1.29 is 4.40 Å². The van der Waals surface area contributed by atoms with Crippen LogP contribution in [0.2, 0.25) is 0 Å². The van der Waals surface area contributed by atoms with Crippen molar-refractivity contribution in [3.8, 4) is 0 Å². The van der Waals surface area contributed by atoms with E-state index in [-0.39, 0.29) is 0 Å². The third kappa shape index (κ3) is 1.20. The summed E-state index contributed by atoms with van der Waals surface area (Å²) in [6.45, 7) is 2.16. The van der Waals surface area contributed by atoms with Gasteiger partial charge in [-0.2, -0.15) is 4.40 Å². The lowest BCUT2D eigenvalue weighted by atomic mass is 10.1. The van der Waals surface area contributed by atoms with Crippen molar-refractivity contribution in [2.24, 2.45) is 0 Å². The highest BCUT2D eigenvalue weighted by Gasteiger charge is 2.09. The zero-order chi connectivity index (χ0) is 10.3. The molecule has 0 saturated carbocycles. The zero-order valence-corrected chi connectivity index (χ0v) is 8.64. The Hall–Kier alpha value is -1.89. The Balaban J connectivity index is 2.64. The van der Waals surface area contributed by atoms with E-state index in [0.29, 0.717) is 0 Å². The summed E-state index contributed by atoms with van der Waals surface area (Å²) < 4.78 is 2.22. The van der Waals surface area contributed by atoms with Crippen LogP contribution in [0.4, 0.5) is 0 Å². The fourth-order valence-electron chi connectivity index (χ4n) is 2.11. The van der Waals surface area contributed by atoms with Crippen LogP contribution in [0.5, 0.6) is 0 Å². The van der Waals surface area contributed by atoms with Gasteiger partial charge in [-0.3, -0.25) is 0 Å². The van der Waals surface area contributed by atoms with Crippen LogP contribution < -0.4 is 4.40 Å². The van der Waals surface area contributed by atoms with Crippen molar-refractivity contribution in [3.63, 3.8) is 0 Å². The van der Waals surface area contributed by atoms with E-state index in [1.807, 2.05) is 0 Å². The predicted octanol–water partition coefficient (Wildman–Crippen LogP) is 2.89. The van der Waals surface area contributed by atoms with Gasteiger partial charge in [-0.15, -0.1) is 0 Å². The van der Waals surface area contributed by atoms with Crippen molar-refractivity contribution >= 4 is 16.4 Å². The second-order valence-corrected chi connectivity index (χ2v) is 3.84. The highest BCUT2D eigenvalue weighted by atomic mass is 14.9. The number of rotatable bonds is 0. The van der Waals surface area contributed by atoms with Crippen LogP contribution in [0.1, 0.15) is 5.56 Å². The summed E-state index contributed by atoms with van der Waals surface area (Å²) in [6, 6.07) is 17.0. The van der Waals surface area contributed by atoms with E-state index in [2.05, 4.69) is 66.1 Å². The van der Waals surface area contributed by atoms with Crippen molar-refractivity contribution in [1.29, 1.82) is 0 Å². The number of nitrogens with zero attached hydrogens (tertiary/aromatic N) is 1. The van der Waals surface area contributed by atoms with Crippen LogP contribution in [0.25, 0.3) is 16.4 Å². The molecule has 0 N–H and O–H groups in total. The lowest BCUT2D eigenvalue weighted by molar-refractivity contribution is -0.481. The number of hydrogen-bond donors (Lipinski definition) is 0. The first-order valence-corrected chi connectivity index (χ1v) is 5.15. The standard InChI is InChI=1S/C14H12N/c1-11-10-12-6-4-5-9-15(12)14-8-3-2-7-13(11)14/h2-10H,1H3/q+1. The first kappa shape index (κ1) is 8.42. The molecule has 1 nitrogen and oxygen atoms in total. The van der Waals surface area contributed by atoms with Gasteiger partial charge in [-0.25, -0.2) is 0 Å². The molecule has 0 amide bonds. The number of aromatic nitrogens is 1. The van der Waals surface area contributed by atoms with Gasteiger partial charge in [0.25, 0.3) is 0 Å². The molecule has 0 fully saturated rings. The Morgan fingerprint density at radius 1 is 0.933 bits per heavy atom. The molecule has 0 atom stereocenters. The molecule has 2 heterocycles. The minimum atomic E-state index is 1.24. The Bertz CT molecular complexity index is 641. The smallest absolute Gasteiger partial charge is 0.160 e. The SMILES string of the molecule is Cc1cc2cccc[n+]2c2ccccc12. The Morgan fingerprint density at radius 2 is 1.73 bits per heavy atom. The average Bonchev–Trinajstić information content (AvgIpc) is 2.30. The van der Waals surface area contributed by atoms with Crippen molar-refractivity contribution in [3.05, 3.63) is 60.3 Å². The lowest BCUT2D eigenvalue weighted by Crippen LogP contribution is -2.22. The third-order valence-corrected chi connectivity index (χ3v) is 2.84. The molecular weight excluding hydrogens is 182 g/mol. The monoisotopic (exact) mass is 194 g/mol. The minimum absolute atomic E-state index is 1.24. The average molecular weight is 194 g/mol. The fourth-order valence-corrected chi connectivity index (χ4v) is 2.11. The van der Waals surface area contributed by atoms with E-state index in [4.69, 9.17) is 0 Å². The summed E-state index contributed by atoms with van der Waals surface area (Å²) in [5, 5.41) is 1.32. The molecule has 0 aliphatic heterocycles. The van der Waals surface area contributed by atoms with Crippen LogP contribution in [0.3, 0.4) is 0 Å². The summed E-state index contributed by atoms with van der Waals surface area (Å²) >= 11 is 0. The number of aryl methyl sites for hydroxylation is 1. The van der Waals surface area contributed by atoms with E-state index in [1.54, 1.807) is 0 Å². The number of hydrogen-bond acceptors (Lipinski definition) is 0. The second-order valence-electron chi connectivity index (χ2n) is 3.84. The highest BCUT2D eigenvalue weighted by molar-refractivity contribution is 5.81. The van der Waals surface area contributed by atoms with E-state index >= 15 is 0 Å². The molecule has 0 saturated heterocycles. The molecule has 0 aliphatic rings. The van der Waals surface area contributed by atoms with Crippen LogP contribution in [0.15, 0.2) is 54.7 Å². The highest BCUT2D eigenvalue weighted by Crippen LogP contribution is 2.16. The van der Waals surface area contributed by atoms with Gasteiger partial charge in [0.2, 0.25) is 11.0 Å². The Labute approximate surface area is 88.6 Å². The maximum absolute atomic E-state index is 2.22. The van der Waals surface area contributed by atoms with Gasteiger partial charge in [0, 0.05) is 29.7 Å².